The first-order valence-electron chi connectivity index (χ1n) is 12.5. The molecule has 14 heteroatoms. The van der Waals surface area contributed by atoms with Crippen molar-refractivity contribution in [3.63, 3.8) is 0 Å². The van der Waals surface area contributed by atoms with Gasteiger partial charge in [-0.3, -0.25) is 14.2 Å². The van der Waals surface area contributed by atoms with Gasteiger partial charge in [-0.15, -0.1) is 0 Å². The summed E-state index contributed by atoms with van der Waals surface area (Å²) >= 11 is 1.23. The van der Waals surface area contributed by atoms with Crippen LogP contribution in [0.15, 0.2) is 35.8 Å². The number of halogens is 1. The third-order valence-electron chi connectivity index (χ3n) is 5.55. The maximum Gasteiger partial charge on any atom is 0.323 e. The van der Waals surface area contributed by atoms with Gasteiger partial charge in [0.2, 0.25) is 0 Å². The quantitative estimate of drug-likeness (QED) is 0.217. The molecule has 1 unspecified atom stereocenters. The van der Waals surface area contributed by atoms with Gasteiger partial charge in [0.15, 0.2) is 10.6 Å². The van der Waals surface area contributed by atoms with E-state index >= 15 is 0 Å². The fourth-order valence-electron chi connectivity index (χ4n) is 3.80. The number of nitrogens with two attached hydrogens (primary N) is 1. The van der Waals surface area contributed by atoms with Gasteiger partial charge in [-0.2, -0.15) is 0 Å². The normalized spacial score (nSPS) is 16.7. The second-order valence-electron chi connectivity index (χ2n) is 8.68. The molecule has 1 aliphatic rings. The number of nitrogens with zero attached hydrogens (tertiary/aromatic N) is 1. The van der Waals surface area contributed by atoms with Crippen LogP contribution in [-0.4, -0.2) is 42.2 Å². The first-order valence-corrected chi connectivity index (χ1v) is 15.0. The lowest BCUT2D eigenvalue weighted by Gasteiger charge is -2.27. The second kappa shape index (κ2) is 14.0. The van der Waals surface area contributed by atoms with Crippen LogP contribution in [0.25, 0.3) is 0 Å². The number of hydrogen-bond acceptors (Lipinski definition) is 10. The van der Waals surface area contributed by atoms with E-state index in [1.807, 2.05) is 0 Å². The van der Waals surface area contributed by atoms with E-state index in [0.29, 0.717) is 27.7 Å². The van der Waals surface area contributed by atoms with Crippen molar-refractivity contribution in [2.75, 3.05) is 18.9 Å². The van der Waals surface area contributed by atoms with Crippen LogP contribution in [0.3, 0.4) is 0 Å². The third kappa shape index (κ3) is 8.33. The van der Waals surface area contributed by atoms with Crippen LogP contribution in [0.5, 0.6) is 0 Å². The van der Waals surface area contributed by atoms with Crippen molar-refractivity contribution in [2.24, 2.45) is 0 Å². The predicted octanol–water partition coefficient (Wildman–Crippen LogP) is 4.16. The van der Waals surface area contributed by atoms with E-state index < -0.39 is 37.6 Å². The van der Waals surface area contributed by atoms with E-state index in [0.717, 1.165) is 0 Å². The Hall–Kier alpha value is -2.83. The van der Waals surface area contributed by atoms with Crippen molar-refractivity contribution in [3.8, 4) is 0 Å². The maximum atomic E-state index is 14.1. The summed E-state index contributed by atoms with van der Waals surface area (Å²) < 4.78 is 49.5. The Balaban J connectivity index is 1.75. The molecule has 39 heavy (non-hydrogen) atoms. The number of rotatable bonds is 14. The molecule has 0 spiro atoms. The number of hydrogen-bond donors (Lipinski definition) is 3. The lowest BCUT2D eigenvalue weighted by Crippen LogP contribution is -2.42. The zero-order valence-corrected chi connectivity index (χ0v) is 24.0. The Morgan fingerprint density at radius 2 is 1.82 bits per heavy atom. The number of benzene rings is 1. The van der Waals surface area contributed by atoms with Crippen LogP contribution in [0.2, 0.25) is 0 Å². The minimum Gasteiger partial charge on any atom is -0.478 e. The monoisotopic (exact) mass is 584 g/mol. The number of thiazole rings is 1. The first kappa shape index (κ1) is 30.7. The van der Waals surface area contributed by atoms with Gasteiger partial charge in [-0.1, -0.05) is 23.5 Å². The maximum absolute atomic E-state index is 14.1. The van der Waals surface area contributed by atoms with Crippen molar-refractivity contribution in [2.45, 2.75) is 65.5 Å². The van der Waals surface area contributed by atoms with Gasteiger partial charge in [-0.05, 0) is 51.5 Å². The fourth-order valence-corrected chi connectivity index (χ4v) is 6.88. The number of carbonyl (C=O) groups is 2. The van der Waals surface area contributed by atoms with Crippen molar-refractivity contribution >= 4 is 35.9 Å². The summed E-state index contributed by atoms with van der Waals surface area (Å²) in [4.78, 5) is 29.6. The Morgan fingerprint density at radius 3 is 2.41 bits per heavy atom. The summed E-state index contributed by atoms with van der Waals surface area (Å²) in [5, 5.41) is 5.84. The van der Waals surface area contributed by atoms with Crippen molar-refractivity contribution in [1.29, 1.82) is 0 Å². The SMILES string of the molecule is CCOC(=O)[C@H](C)NP(=O)(N[C@@H](C)C(=O)OCC)C1=CCC(c2nc(N)sc2COCc2cccc(F)c2)O1. The van der Waals surface area contributed by atoms with E-state index in [4.69, 9.17) is 24.7 Å². The highest BCUT2D eigenvalue weighted by molar-refractivity contribution is 7.64. The van der Waals surface area contributed by atoms with Gasteiger partial charge in [0.1, 0.15) is 29.7 Å². The Labute approximate surface area is 230 Å². The second-order valence-corrected chi connectivity index (χ2v) is 12.0. The van der Waals surface area contributed by atoms with E-state index in [1.165, 1.54) is 37.3 Å². The molecule has 2 aromatic rings. The molecule has 3 rings (SSSR count). The lowest BCUT2D eigenvalue weighted by molar-refractivity contribution is -0.145. The molecular weight excluding hydrogens is 550 g/mol. The number of nitrogens with one attached hydrogen (secondary N) is 2. The molecular formula is C25H34FN4O7PS. The summed E-state index contributed by atoms with van der Waals surface area (Å²) in [6.45, 7) is 6.98. The van der Waals surface area contributed by atoms with E-state index in [9.17, 15) is 18.5 Å². The minimum atomic E-state index is -3.85. The number of nitrogen functional groups attached to an aromatic ring is 1. The van der Waals surface area contributed by atoms with Crippen molar-refractivity contribution < 1.29 is 37.5 Å². The summed E-state index contributed by atoms with van der Waals surface area (Å²) in [7, 11) is -3.85. The molecule has 0 saturated carbocycles. The highest BCUT2D eigenvalue weighted by Crippen LogP contribution is 2.53. The molecule has 4 N–H and O–H groups in total. The highest BCUT2D eigenvalue weighted by atomic mass is 32.1. The standard InChI is InChI=1S/C25H34FN4O7PS/c1-5-35-23(31)15(3)29-38(33,30-16(4)24(32)36-6-2)21-11-10-19(37-21)22-20(39-25(27)28-22)14-34-13-17-8-7-9-18(26)12-17/h7-9,11-12,15-16,19H,5-6,10,13-14H2,1-4H3,(H2,27,28)(H2,29,30,33)/t15-,16-,19?/m0/s1. The summed E-state index contributed by atoms with van der Waals surface area (Å²) in [5.74, 6) is -1.56. The summed E-state index contributed by atoms with van der Waals surface area (Å²) in [6.07, 6.45) is 1.30. The zero-order chi connectivity index (χ0) is 28.6. The average molecular weight is 585 g/mol. The summed E-state index contributed by atoms with van der Waals surface area (Å²) in [5.41, 5.74) is 7.21. The molecule has 1 aliphatic heterocycles. The molecule has 0 saturated heterocycles. The van der Waals surface area contributed by atoms with Crippen LogP contribution >= 0.6 is 18.8 Å². The van der Waals surface area contributed by atoms with Gasteiger partial charge in [0.05, 0.1) is 31.3 Å². The lowest BCUT2D eigenvalue weighted by atomic mass is 10.2. The minimum absolute atomic E-state index is 0.0398. The van der Waals surface area contributed by atoms with E-state index in [-0.39, 0.29) is 37.7 Å². The van der Waals surface area contributed by atoms with Gasteiger partial charge >= 0.3 is 11.9 Å². The Morgan fingerprint density at radius 1 is 1.18 bits per heavy atom. The van der Waals surface area contributed by atoms with Gasteiger partial charge < -0.3 is 24.7 Å². The highest BCUT2D eigenvalue weighted by Gasteiger charge is 2.40. The topological polar surface area (TPSA) is 151 Å². The molecule has 3 atom stereocenters. The first-order chi connectivity index (χ1) is 18.6. The molecule has 0 bridgehead atoms. The van der Waals surface area contributed by atoms with Crippen molar-refractivity contribution in [1.82, 2.24) is 15.2 Å². The number of carbonyl (C=O) groups excluding carboxylic acids is 2. The van der Waals surface area contributed by atoms with Gasteiger partial charge in [0, 0.05) is 6.42 Å². The van der Waals surface area contributed by atoms with Crippen LogP contribution in [-0.2, 0) is 46.3 Å². The van der Waals surface area contributed by atoms with Gasteiger partial charge in [-0.25, -0.2) is 19.5 Å². The van der Waals surface area contributed by atoms with Crippen LogP contribution < -0.4 is 15.9 Å². The number of anilines is 1. The largest absolute Gasteiger partial charge is 0.478 e. The van der Waals surface area contributed by atoms with Crippen LogP contribution in [0.1, 0.15) is 56.4 Å². The number of esters is 2. The third-order valence-corrected chi connectivity index (χ3v) is 8.84. The fraction of sp³-hybridized carbons (Fsp3) is 0.480. The molecule has 0 amide bonds. The molecule has 0 radical (unpaired) electrons. The van der Waals surface area contributed by atoms with Crippen LogP contribution in [0.4, 0.5) is 9.52 Å². The van der Waals surface area contributed by atoms with Crippen molar-refractivity contribution in [3.05, 3.63) is 57.8 Å². The Kier molecular flexibility index (Phi) is 11.0. The van der Waals surface area contributed by atoms with E-state index in [2.05, 4.69) is 15.2 Å². The molecule has 11 nitrogen and oxygen atoms in total. The average Bonchev–Trinajstić information content (AvgIpc) is 3.51. The number of ether oxygens (including phenoxy) is 4. The van der Waals surface area contributed by atoms with Crippen LogP contribution in [0, 0.1) is 5.82 Å². The van der Waals surface area contributed by atoms with E-state index in [1.54, 1.807) is 32.1 Å². The Bertz CT molecular complexity index is 1210. The molecule has 0 fully saturated rings. The predicted molar refractivity (Wildman–Crippen MR) is 144 cm³/mol. The zero-order valence-electron chi connectivity index (χ0n) is 22.3. The molecule has 2 heterocycles. The molecule has 1 aromatic heterocycles. The molecule has 214 valence electrons. The van der Waals surface area contributed by atoms with Gasteiger partial charge in [0.25, 0.3) is 7.44 Å². The smallest absolute Gasteiger partial charge is 0.323 e. The summed E-state index contributed by atoms with van der Waals surface area (Å²) in [6, 6.07) is 4.18. The molecule has 0 aliphatic carbocycles. The molecule has 1 aromatic carbocycles. The number of aromatic nitrogens is 1.